The predicted octanol–water partition coefficient (Wildman–Crippen LogP) is 1.42. The molecule has 0 unspecified atom stereocenters. The number of nitrogens with one attached hydrogen (secondary N) is 2. The first-order valence-electron chi connectivity index (χ1n) is 8.14. The van der Waals surface area contributed by atoms with Crippen molar-refractivity contribution in [3.8, 4) is 0 Å². The summed E-state index contributed by atoms with van der Waals surface area (Å²) < 4.78 is 4.67. The van der Waals surface area contributed by atoms with Gasteiger partial charge in [-0.2, -0.15) is 0 Å². The lowest BCUT2D eigenvalue weighted by atomic mass is 10.0. The van der Waals surface area contributed by atoms with Crippen LogP contribution < -0.4 is 10.6 Å². The van der Waals surface area contributed by atoms with Crippen molar-refractivity contribution >= 4 is 23.5 Å². The Morgan fingerprint density at radius 2 is 1.96 bits per heavy atom. The number of carbonyl (C=O) groups is 3. The van der Waals surface area contributed by atoms with E-state index in [4.69, 9.17) is 0 Å². The SMILES string of the molecule is COC(=O)[C@H](CC(C)C)NC(=O)CCNC(=O)c1cccc([N+](=O)[O-])c1. The van der Waals surface area contributed by atoms with Gasteiger partial charge in [0.05, 0.1) is 12.0 Å². The molecule has 1 rings (SSSR count). The van der Waals surface area contributed by atoms with E-state index < -0.39 is 28.7 Å². The highest BCUT2D eigenvalue weighted by Gasteiger charge is 2.22. The number of non-ortho nitro benzene ring substituents is 1. The van der Waals surface area contributed by atoms with Crippen molar-refractivity contribution in [2.75, 3.05) is 13.7 Å². The Balaban J connectivity index is 2.52. The molecule has 2 amide bonds. The number of esters is 1. The molecule has 0 bridgehead atoms. The van der Waals surface area contributed by atoms with Crippen molar-refractivity contribution in [1.29, 1.82) is 0 Å². The van der Waals surface area contributed by atoms with Gasteiger partial charge in [0.1, 0.15) is 6.04 Å². The molecule has 0 saturated carbocycles. The largest absolute Gasteiger partial charge is 0.467 e. The lowest BCUT2D eigenvalue weighted by molar-refractivity contribution is -0.384. The molecule has 1 aromatic carbocycles. The highest BCUT2D eigenvalue weighted by molar-refractivity contribution is 5.95. The van der Waals surface area contributed by atoms with Crippen LogP contribution in [0, 0.1) is 16.0 Å². The molecule has 0 heterocycles. The zero-order valence-corrected chi connectivity index (χ0v) is 15.0. The van der Waals surface area contributed by atoms with E-state index in [0.29, 0.717) is 6.42 Å². The molecule has 0 aliphatic rings. The van der Waals surface area contributed by atoms with Gasteiger partial charge in [-0.3, -0.25) is 19.7 Å². The van der Waals surface area contributed by atoms with E-state index in [-0.39, 0.29) is 30.1 Å². The van der Waals surface area contributed by atoms with Gasteiger partial charge in [-0.15, -0.1) is 0 Å². The van der Waals surface area contributed by atoms with Crippen LogP contribution in [0.4, 0.5) is 5.69 Å². The number of nitrogens with zero attached hydrogens (tertiary/aromatic N) is 1. The Labute approximate surface area is 151 Å². The van der Waals surface area contributed by atoms with Crippen molar-refractivity contribution < 1.29 is 24.0 Å². The molecule has 0 spiro atoms. The maximum atomic E-state index is 12.0. The Kier molecular flexibility index (Phi) is 8.20. The number of nitro groups is 1. The van der Waals surface area contributed by atoms with Crippen LogP contribution in [0.5, 0.6) is 0 Å². The number of methoxy groups -OCH3 is 1. The maximum absolute atomic E-state index is 12.0. The Hall–Kier alpha value is -2.97. The molecule has 9 heteroatoms. The average molecular weight is 365 g/mol. The fourth-order valence-electron chi connectivity index (χ4n) is 2.25. The van der Waals surface area contributed by atoms with E-state index in [1.165, 1.54) is 25.3 Å². The molecule has 0 fully saturated rings. The zero-order valence-electron chi connectivity index (χ0n) is 15.0. The topological polar surface area (TPSA) is 128 Å². The normalized spacial score (nSPS) is 11.5. The van der Waals surface area contributed by atoms with Gasteiger partial charge in [0.25, 0.3) is 11.6 Å². The average Bonchev–Trinajstić information content (AvgIpc) is 2.60. The first-order chi connectivity index (χ1) is 12.2. The van der Waals surface area contributed by atoms with E-state index in [1.54, 1.807) is 0 Å². The molecule has 0 aromatic heterocycles. The fourth-order valence-corrected chi connectivity index (χ4v) is 2.25. The van der Waals surface area contributed by atoms with Crippen LogP contribution in [-0.2, 0) is 14.3 Å². The monoisotopic (exact) mass is 365 g/mol. The first-order valence-corrected chi connectivity index (χ1v) is 8.14. The number of hydrogen-bond donors (Lipinski definition) is 2. The summed E-state index contributed by atoms with van der Waals surface area (Å²) in [6, 6.07) is 4.56. The second-order valence-corrected chi connectivity index (χ2v) is 6.09. The van der Waals surface area contributed by atoms with Gasteiger partial charge in [0.2, 0.25) is 5.91 Å². The van der Waals surface area contributed by atoms with Gasteiger partial charge in [-0.25, -0.2) is 4.79 Å². The number of ether oxygens (including phenoxy) is 1. The third-order valence-corrected chi connectivity index (χ3v) is 3.48. The zero-order chi connectivity index (χ0) is 19.7. The Morgan fingerprint density at radius 3 is 2.54 bits per heavy atom. The smallest absolute Gasteiger partial charge is 0.328 e. The summed E-state index contributed by atoms with van der Waals surface area (Å²) in [7, 11) is 1.25. The van der Waals surface area contributed by atoms with E-state index >= 15 is 0 Å². The highest BCUT2D eigenvalue weighted by Crippen LogP contribution is 2.12. The number of hydrogen-bond acceptors (Lipinski definition) is 6. The Morgan fingerprint density at radius 1 is 1.27 bits per heavy atom. The highest BCUT2D eigenvalue weighted by atomic mass is 16.6. The summed E-state index contributed by atoms with van der Waals surface area (Å²) >= 11 is 0. The van der Waals surface area contributed by atoms with Crippen LogP contribution in [0.1, 0.15) is 37.0 Å². The van der Waals surface area contributed by atoms with Gasteiger partial charge in [0.15, 0.2) is 0 Å². The van der Waals surface area contributed by atoms with Crippen molar-refractivity contribution in [2.24, 2.45) is 5.92 Å². The standard InChI is InChI=1S/C17H23N3O6/c1-11(2)9-14(17(23)26-3)19-15(21)7-8-18-16(22)12-5-4-6-13(10-12)20(24)25/h4-6,10-11,14H,7-9H2,1-3H3,(H,18,22)(H,19,21)/t14-/m0/s1. The molecule has 1 atom stereocenters. The summed E-state index contributed by atoms with van der Waals surface area (Å²) in [6.45, 7) is 3.87. The third kappa shape index (κ3) is 6.88. The van der Waals surface area contributed by atoms with Gasteiger partial charge in [-0.1, -0.05) is 19.9 Å². The molecule has 0 aliphatic carbocycles. The van der Waals surface area contributed by atoms with Crippen molar-refractivity contribution in [3.63, 3.8) is 0 Å². The lowest BCUT2D eigenvalue weighted by Crippen LogP contribution is -2.43. The van der Waals surface area contributed by atoms with Gasteiger partial charge in [-0.05, 0) is 18.4 Å². The van der Waals surface area contributed by atoms with Crippen LogP contribution >= 0.6 is 0 Å². The number of carbonyl (C=O) groups excluding carboxylic acids is 3. The minimum Gasteiger partial charge on any atom is -0.467 e. The summed E-state index contributed by atoms with van der Waals surface area (Å²) in [6.07, 6.45) is 0.407. The van der Waals surface area contributed by atoms with Crippen LogP contribution in [0.2, 0.25) is 0 Å². The summed E-state index contributed by atoms with van der Waals surface area (Å²) in [5, 5.41) is 15.8. The van der Waals surface area contributed by atoms with Crippen LogP contribution in [-0.4, -0.2) is 42.4 Å². The molecular formula is C17H23N3O6. The second-order valence-electron chi connectivity index (χ2n) is 6.09. The number of rotatable bonds is 9. The molecule has 9 nitrogen and oxygen atoms in total. The van der Waals surface area contributed by atoms with Gasteiger partial charge < -0.3 is 15.4 Å². The lowest BCUT2D eigenvalue weighted by Gasteiger charge is -2.18. The van der Waals surface area contributed by atoms with E-state index in [2.05, 4.69) is 15.4 Å². The molecular weight excluding hydrogens is 342 g/mol. The summed E-state index contributed by atoms with van der Waals surface area (Å²) in [4.78, 5) is 45.7. The second kappa shape index (κ2) is 10.1. The van der Waals surface area contributed by atoms with Crippen molar-refractivity contribution in [1.82, 2.24) is 10.6 Å². The molecule has 142 valence electrons. The number of amides is 2. The summed E-state index contributed by atoms with van der Waals surface area (Å²) in [5.74, 6) is -1.26. The van der Waals surface area contributed by atoms with Gasteiger partial charge >= 0.3 is 5.97 Å². The van der Waals surface area contributed by atoms with Crippen molar-refractivity contribution in [3.05, 3.63) is 39.9 Å². The van der Waals surface area contributed by atoms with Crippen LogP contribution in [0.15, 0.2) is 24.3 Å². The van der Waals surface area contributed by atoms with E-state index in [9.17, 15) is 24.5 Å². The molecule has 26 heavy (non-hydrogen) atoms. The molecule has 1 aromatic rings. The predicted molar refractivity (Wildman–Crippen MR) is 93.4 cm³/mol. The molecule has 0 aliphatic heterocycles. The van der Waals surface area contributed by atoms with E-state index in [0.717, 1.165) is 6.07 Å². The van der Waals surface area contributed by atoms with Crippen molar-refractivity contribution in [2.45, 2.75) is 32.7 Å². The summed E-state index contributed by atoms with van der Waals surface area (Å²) in [5.41, 5.74) is -0.0585. The third-order valence-electron chi connectivity index (χ3n) is 3.48. The van der Waals surface area contributed by atoms with Crippen LogP contribution in [0.25, 0.3) is 0 Å². The first kappa shape index (κ1) is 21.1. The number of nitro benzene ring substituents is 1. The molecule has 0 radical (unpaired) electrons. The maximum Gasteiger partial charge on any atom is 0.328 e. The van der Waals surface area contributed by atoms with E-state index in [1.807, 2.05) is 13.8 Å². The fraction of sp³-hybridized carbons (Fsp3) is 0.471. The molecule has 2 N–H and O–H groups in total. The van der Waals surface area contributed by atoms with Crippen LogP contribution in [0.3, 0.4) is 0 Å². The van der Waals surface area contributed by atoms with Gasteiger partial charge in [0, 0.05) is 30.7 Å². The minimum atomic E-state index is -0.736. The minimum absolute atomic E-state index is 0.0307. The number of benzene rings is 1. The quantitative estimate of drug-likeness (QED) is 0.387. The molecule has 0 saturated heterocycles. The Bertz CT molecular complexity index is 674.